The minimum atomic E-state index is -0.165. The second-order valence-electron chi connectivity index (χ2n) is 38.7. The lowest BCUT2D eigenvalue weighted by Gasteiger charge is -2.45. The number of benzene rings is 15. The van der Waals surface area contributed by atoms with Crippen LogP contribution >= 0.6 is 0 Å². The molecule has 119 heavy (non-hydrogen) atoms. The molecule has 4 nitrogen and oxygen atoms in total. The molecule has 0 atom stereocenters. The van der Waals surface area contributed by atoms with Crippen LogP contribution in [-0.4, -0.2) is 11.3 Å². The Hall–Kier alpha value is -12.4. The molecule has 0 unspecified atom stereocenters. The fourth-order valence-corrected chi connectivity index (χ4v) is 18.4. The van der Waals surface area contributed by atoms with Crippen LogP contribution in [0.1, 0.15) is 159 Å². The first-order valence-electron chi connectivity index (χ1n) is 42.9. The summed E-state index contributed by atoms with van der Waals surface area (Å²) in [4.78, 5) is 7.94. The standard InChI is InChI=1S/C114H109BN4/c1-110(2,3)88-59-77(60-89(68-88)111(4,5)6)56-76-50-53-101-105(61-76)118(75-100-97(82-40-26-18-27-41-82)70-92(114(13,14)15)71-98(100)83-42-28-19-29-43-83)108-63-79(74-116-103-49-35-34-48-96(103)99-72-95(52-55-104(99)116)119(93-44-30-20-31-45-93)94-46-32-21-33-47-94)62-107-109(108)115(101)102-54-51-84(87-65-90(112(7,8)9)69-91(66-87)113(10,11)12)67-106(102)117(107)73-78-57-85(80-36-22-16-23-37-80)64-86(58-78)81-38-24-17-25-39-81/h16-55,57-72H,56,73-75H2,1-15H3. The van der Waals surface area contributed by atoms with Crippen molar-refractivity contribution in [3.63, 3.8) is 0 Å². The summed E-state index contributed by atoms with van der Waals surface area (Å²) >= 11 is 0. The predicted molar refractivity (Wildman–Crippen MR) is 512 cm³/mol. The molecule has 0 saturated carbocycles. The summed E-state index contributed by atoms with van der Waals surface area (Å²) in [6.07, 6.45) is 0.774. The van der Waals surface area contributed by atoms with Gasteiger partial charge in [-0.15, -0.1) is 0 Å². The summed E-state index contributed by atoms with van der Waals surface area (Å²) in [6.45, 7) is 37.1. The Kier molecular flexibility index (Phi) is 19.9. The van der Waals surface area contributed by atoms with Crippen molar-refractivity contribution in [3.8, 4) is 55.6 Å². The van der Waals surface area contributed by atoms with Gasteiger partial charge in [0.05, 0.1) is 0 Å². The lowest BCUT2D eigenvalue weighted by atomic mass is 9.33. The summed E-state index contributed by atoms with van der Waals surface area (Å²) in [7, 11) is 0. The van der Waals surface area contributed by atoms with E-state index >= 15 is 0 Å². The third kappa shape index (κ3) is 15.4. The van der Waals surface area contributed by atoms with Gasteiger partial charge in [-0.3, -0.25) is 0 Å². The summed E-state index contributed by atoms with van der Waals surface area (Å²) < 4.78 is 2.61. The lowest BCUT2D eigenvalue weighted by molar-refractivity contribution is 0.567. The van der Waals surface area contributed by atoms with Crippen molar-refractivity contribution in [1.82, 2.24) is 4.57 Å². The Morgan fingerprint density at radius 1 is 0.252 bits per heavy atom. The van der Waals surface area contributed by atoms with E-state index in [-0.39, 0.29) is 33.8 Å². The van der Waals surface area contributed by atoms with E-state index in [9.17, 15) is 0 Å². The van der Waals surface area contributed by atoms with Crippen molar-refractivity contribution in [2.45, 2.75) is 157 Å². The first-order chi connectivity index (χ1) is 57.1. The molecule has 0 radical (unpaired) electrons. The van der Waals surface area contributed by atoms with E-state index in [0.717, 1.165) is 23.5 Å². The molecule has 3 heterocycles. The smallest absolute Gasteiger partial charge is 0.252 e. The van der Waals surface area contributed by atoms with Crippen LogP contribution in [0.3, 0.4) is 0 Å². The van der Waals surface area contributed by atoms with Crippen LogP contribution in [0, 0.1) is 0 Å². The van der Waals surface area contributed by atoms with Gasteiger partial charge < -0.3 is 19.3 Å². The maximum atomic E-state index is 2.79. The van der Waals surface area contributed by atoms with Gasteiger partial charge in [0, 0.05) is 81.3 Å². The van der Waals surface area contributed by atoms with E-state index in [1.807, 2.05) is 0 Å². The van der Waals surface area contributed by atoms with Crippen LogP contribution in [0.15, 0.2) is 340 Å². The van der Waals surface area contributed by atoms with E-state index in [1.165, 1.54) is 172 Å². The topological polar surface area (TPSA) is 14.7 Å². The third-order valence-electron chi connectivity index (χ3n) is 25.1. The second kappa shape index (κ2) is 30.5. The molecule has 0 amide bonds. The number of fused-ring (bicyclic) bond motifs is 7. The fraction of sp³-hybridized carbons (Fsp3) is 0.211. The summed E-state index contributed by atoms with van der Waals surface area (Å²) in [5.74, 6) is 0. The molecular formula is C114H109BN4. The minimum Gasteiger partial charge on any atom is -0.338 e. The fourth-order valence-electron chi connectivity index (χ4n) is 18.4. The van der Waals surface area contributed by atoms with Crippen LogP contribution in [0.5, 0.6) is 0 Å². The first-order valence-corrected chi connectivity index (χ1v) is 42.9. The van der Waals surface area contributed by atoms with E-state index in [1.54, 1.807) is 0 Å². The number of aromatic nitrogens is 1. The highest BCUT2D eigenvalue weighted by Crippen LogP contribution is 2.48. The number of para-hydroxylation sites is 3. The Labute approximate surface area is 707 Å². The Balaban J connectivity index is 0.941. The number of rotatable bonds is 16. The van der Waals surface area contributed by atoms with Crippen LogP contribution in [0.2, 0.25) is 0 Å². The minimum absolute atomic E-state index is 0.0490. The van der Waals surface area contributed by atoms with Gasteiger partial charge in [0.15, 0.2) is 0 Å². The molecule has 1 aromatic heterocycles. The Bertz CT molecular complexity index is 6260. The van der Waals surface area contributed by atoms with E-state index < -0.39 is 0 Å². The Morgan fingerprint density at radius 3 is 1.16 bits per heavy atom. The van der Waals surface area contributed by atoms with Gasteiger partial charge in [0.1, 0.15) is 0 Å². The zero-order chi connectivity index (χ0) is 82.4. The quantitative estimate of drug-likeness (QED) is 0.0896. The number of hydrogen-bond acceptors (Lipinski definition) is 3. The van der Waals surface area contributed by atoms with Crippen molar-refractivity contribution < 1.29 is 0 Å². The molecule has 0 spiro atoms. The summed E-state index contributed by atoms with van der Waals surface area (Å²) in [6, 6.07) is 130. The maximum Gasteiger partial charge on any atom is 0.252 e. The van der Waals surface area contributed by atoms with Crippen molar-refractivity contribution in [2.75, 3.05) is 14.7 Å². The number of nitrogens with zero attached hydrogens (tertiary/aromatic N) is 4. The highest BCUT2D eigenvalue weighted by Gasteiger charge is 2.44. The molecule has 16 aromatic rings. The molecule has 0 saturated heterocycles. The van der Waals surface area contributed by atoms with Crippen molar-refractivity contribution in [3.05, 3.63) is 395 Å². The molecule has 0 aliphatic carbocycles. The molecule has 588 valence electrons. The summed E-state index contributed by atoms with van der Waals surface area (Å²) in [5, 5.41) is 2.43. The molecule has 18 rings (SSSR count). The first kappa shape index (κ1) is 77.8. The van der Waals surface area contributed by atoms with Crippen molar-refractivity contribution in [2.24, 2.45) is 0 Å². The molecular weight excluding hydrogens is 1440 g/mol. The molecule has 0 fully saturated rings. The molecule has 0 N–H and O–H groups in total. The van der Waals surface area contributed by atoms with Gasteiger partial charge in [0.25, 0.3) is 6.71 Å². The maximum absolute atomic E-state index is 2.79. The number of anilines is 7. The average molecular weight is 1550 g/mol. The monoisotopic (exact) mass is 1540 g/mol. The zero-order valence-corrected chi connectivity index (χ0v) is 72.0. The van der Waals surface area contributed by atoms with Crippen LogP contribution in [0.4, 0.5) is 39.8 Å². The summed E-state index contributed by atoms with van der Waals surface area (Å²) in [5.41, 5.74) is 39.2. The highest BCUT2D eigenvalue weighted by molar-refractivity contribution is 7.00. The number of hydrogen-bond donors (Lipinski definition) is 0. The molecule has 15 aromatic carbocycles. The van der Waals surface area contributed by atoms with E-state index in [2.05, 4.69) is 463 Å². The average Bonchev–Trinajstić information content (AvgIpc) is 0.809. The van der Waals surface area contributed by atoms with Crippen molar-refractivity contribution >= 4 is 84.7 Å². The van der Waals surface area contributed by atoms with Crippen LogP contribution < -0.4 is 31.1 Å². The molecule has 5 heteroatoms. The van der Waals surface area contributed by atoms with Gasteiger partial charge in [-0.1, -0.05) is 353 Å². The molecule has 0 bridgehead atoms. The highest BCUT2D eigenvalue weighted by atomic mass is 15.2. The zero-order valence-electron chi connectivity index (χ0n) is 72.0. The molecule has 2 aliphatic rings. The van der Waals surface area contributed by atoms with Gasteiger partial charge in [0.2, 0.25) is 0 Å². The van der Waals surface area contributed by atoms with Gasteiger partial charge in [-0.05, 0) is 252 Å². The van der Waals surface area contributed by atoms with Gasteiger partial charge in [-0.2, -0.15) is 0 Å². The van der Waals surface area contributed by atoms with E-state index in [4.69, 9.17) is 0 Å². The molecule has 2 aliphatic heterocycles. The third-order valence-corrected chi connectivity index (χ3v) is 25.1. The largest absolute Gasteiger partial charge is 0.338 e. The van der Waals surface area contributed by atoms with Crippen LogP contribution in [0.25, 0.3) is 77.4 Å². The Morgan fingerprint density at radius 2 is 0.655 bits per heavy atom. The van der Waals surface area contributed by atoms with Crippen molar-refractivity contribution in [1.29, 1.82) is 0 Å². The second-order valence-corrected chi connectivity index (χ2v) is 38.7. The van der Waals surface area contributed by atoms with E-state index in [0.29, 0.717) is 19.6 Å². The SMILES string of the molecule is CC(C)(C)c1cc(Cc2ccc3c(c2)N(Cc2c(-c4ccccc4)cc(C(C)(C)C)cc2-c2ccccc2)c2cc(Cn4c5ccccc5c5cc(N(c6ccccc6)c6ccccc6)ccc54)cc4c2B3c2ccc(-c3cc(C(C)(C)C)cc(C(C)(C)C)c3)cc2N4Cc2cc(-c3ccccc3)cc(-c3ccccc3)c2)cc(C(C)(C)C)c1. The predicted octanol–water partition coefficient (Wildman–Crippen LogP) is 28.5. The lowest BCUT2D eigenvalue weighted by Crippen LogP contribution is -2.62. The van der Waals surface area contributed by atoms with Crippen LogP contribution in [-0.2, 0) is 53.1 Å². The van der Waals surface area contributed by atoms with Gasteiger partial charge in [-0.25, -0.2) is 0 Å². The normalized spacial score (nSPS) is 12.9. The van der Waals surface area contributed by atoms with Gasteiger partial charge >= 0.3 is 0 Å².